The van der Waals surface area contributed by atoms with Gasteiger partial charge in [0.15, 0.2) is 0 Å². The van der Waals surface area contributed by atoms with Crippen LogP contribution in [0.25, 0.3) is 0 Å². The molecule has 1 N–H and O–H groups in total. The molecular weight excluding hydrogens is 218 g/mol. The molecule has 0 aromatic carbocycles. The molecule has 1 aliphatic heterocycles. The van der Waals surface area contributed by atoms with Crippen molar-refractivity contribution in [2.45, 2.75) is 51.5 Å². The quantitative estimate of drug-likeness (QED) is 0.747. The third-order valence-corrected chi connectivity index (χ3v) is 3.86. The lowest BCUT2D eigenvalue weighted by Crippen LogP contribution is -2.41. The Hall–Kier alpha value is -1.32. The van der Waals surface area contributed by atoms with Gasteiger partial charge in [-0.05, 0) is 45.4 Å². The first kappa shape index (κ1) is 12.1. The minimum absolute atomic E-state index is 0.0631. The summed E-state index contributed by atoms with van der Waals surface area (Å²) in [6.45, 7) is 2.43. The second kappa shape index (κ2) is 4.90. The number of carboxylic acids is 1. The zero-order chi connectivity index (χ0) is 12.4. The summed E-state index contributed by atoms with van der Waals surface area (Å²) < 4.78 is 0. The number of nitrogens with zero attached hydrogens (tertiary/aromatic N) is 1. The average molecular weight is 237 g/mol. The van der Waals surface area contributed by atoms with E-state index in [9.17, 15) is 9.59 Å². The van der Waals surface area contributed by atoms with E-state index in [1.807, 2.05) is 6.92 Å². The van der Waals surface area contributed by atoms with Crippen LogP contribution in [0.5, 0.6) is 0 Å². The Morgan fingerprint density at radius 1 is 1.24 bits per heavy atom. The molecule has 1 aliphatic carbocycles. The first-order valence-corrected chi connectivity index (χ1v) is 6.33. The van der Waals surface area contributed by atoms with Crippen molar-refractivity contribution in [2.24, 2.45) is 0 Å². The number of aliphatic carboxylic acids is 1. The van der Waals surface area contributed by atoms with Gasteiger partial charge in [-0.25, -0.2) is 4.79 Å². The number of carbonyl (C=O) groups excluding carboxylic acids is 1. The van der Waals surface area contributed by atoms with Gasteiger partial charge in [0.05, 0.1) is 0 Å². The highest BCUT2D eigenvalue weighted by Crippen LogP contribution is 2.29. The SMILES string of the molecule is CC(C(=O)N1CCCC1C(=O)O)=C1CCCC1. The standard InChI is InChI=1S/C13H19NO3/c1-9(10-5-2-3-6-10)12(15)14-8-4-7-11(14)13(16)17/h11H,2-8H2,1H3,(H,16,17). The number of likely N-dealkylation sites (tertiary alicyclic amines) is 1. The van der Waals surface area contributed by atoms with E-state index >= 15 is 0 Å². The maximum absolute atomic E-state index is 12.3. The van der Waals surface area contributed by atoms with Crippen molar-refractivity contribution >= 4 is 11.9 Å². The van der Waals surface area contributed by atoms with Crippen LogP contribution in [0, 0.1) is 0 Å². The highest BCUT2D eigenvalue weighted by atomic mass is 16.4. The molecule has 4 nitrogen and oxygen atoms in total. The fourth-order valence-corrected chi connectivity index (χ4v) is 2.81. The summed E-state index contributed by atoms with van der Waals surface area (Å²) in [4.78, 5) is 24.8. The molecule has 1 heterocycles. The predicted molar refractivity (Wildman–Crippen MR) is 63.5 cm³/mol. The Kier molecular flexibility index (Phi) is 3.50. The first-order valence-electron chi connectivity index (χ1n) is 6.33. The van der Waals surface area contributed by atoms with E-state index in [0.717, 1.165) is 37.7 Å². The van der Waals surface area contributed by atoms with Crippen LogP contribution in [-0.2, 0) is 9.59 Å². The maximum atomic E-state index is 12.3. The number of hydrogen-bond donors (Lipinski definition) is 1. The van der Waals surface area contributed by atoms with Crippen molar-refractivity contribution in [3.05, 3.63) is 11.1 Å². The lowest BCUT2D eigenvalue weighted by molar-refractivity contribution is -0.146. The van der Waals surface area contributed by atoms with E-state index in [2.05, 4.69) is 0 Å². The van der Waals surface area contributed by atoms with Crippen LogP contribution >= 0.6 is 0 Å². The summed E-state index contributed by atoms with van der Waals surface area (Å²) in [5.41, 5.74) is 2.02. The van der Waals surface area contributed by atoms with Gasteiger partial charge < -0.3 is 10.0 Å². The zero-order valence-electron chi connectivity index (χ0n) is 10.2. The molecule has 1 amide bonds. The minimum Gasteiger partial charge on any atom is -0.480 e. The molecule has 1 saturated carbocycles. The van der Waals surface area contributed by atoms with E-state index in [1.54, 1.807) is 0 Å². The van der Waals surface area contributed by atoms with Crippen LogP contribution in [0.1, 0.15) is 45.4 Å². The van der Waals surface area contributed by atoms with Gasteiger partial charge in [-0.2, -0.15) is 0 Å². The van der Waals surface area contributed by atoms with Gasteiger partial charge in [-0.1, -0.05) is 5.57 Å². The Morgan fingerprint density at radius 2 is 1.88 bits per heavy atom. The van der Waals surface area contributed by atoms with Crippen molar-refractivity contribution < 1.29 is 14.7 Å². The molecule has 1 unspecified atom stereocenters. The van der Waals surface area contributed by atoms with Crippen LogP contribution in [0.4, 0.5) is 0 Å². The zero-order valence-corrected chi connectivity index (χ0v) is 10.2. The first-order chi connectivity index (χ1) is 8.11. The van der Waals surface area contributed by atoms with Crippen molar-refractivity contribution in [1.82, 2.24) is 4.90 Å². The molecule has 17 heavy (non-hydrogen) atoms. The average Bonchev–Trinajstić information content (AvgIpc) is 2.97. The molecular formula is C13H19NO3. The molecule has 0 aromatic rings. The van der Waals surface area contributed by atoms with Crippen LogP contribution in [0.2, 0.25) is 0 Å². The molecule has 0 bridgehead atoms. The van der Waals surface area contributed by atoms with Crippen LogP contribution in [0.3, 0.4) is 0 Å². The van der Waals surface area contributed by atoms with E-state index in [-0.39, 0.29) is 5.91 Å². The smallest absolute Gasteiger partial charge is 0.326 e. The molecule has 0 radical (unpaired) electrons. The molecule has 2 aliphatic rings. The second-order valence-corrected chi connectivity index (χ2v) is 4.93. The van der Waals surface area contributed by atoms with Crippen LogP contribution in [0.15, 0.2) is 11.1 Å². The number of hydrogen-bond acceptors (Lipinski definition) is 2. The van der Waals surface area contributed by atoms with Gasteiger partial charge in [-0.15, -0.1) is 0 Å². The number of rotatable bonds is 2. The van der Waals surface area contributed by atoms with E-state index in [4.69, 9.17) is 5.11 Å². The molecule has 2 rings (SSSR count). The summed E-state index contributed by atoms with van der Waals surface area (Å²) in [5.74, 6) is -0.938. The molecule has 0 aromatic heterocycles. The summed E-state index contributed by atoms with van der Waals surface area (Å²) in [6.07, 6.45) is 5.70. The lowest BCUT2D eigenvalue weighted by atomic mass is 10.1. The highest BCUT2D eigenvalue weighted by Gasteiger charge is 2.34. The summed E-state index contributed by atoms with van der Waals surface area (Å²) in [5, 5.41) is 9.07. The lowest BCUT2D eigenvalue weighted by Gasteiger charge is -2.22. The van der Waals surface area contributed by atoms with Crippen molar-refractivity contribution in [3.63, 3.8) is 0 Å². The molecule has 1 atom stereocenters. The number of carboxylic acid groups (broad SMARTS) is 1. The monoisotopic (exact) mass is 237 g/mol. The van der Waals surface area contributed by atoms with E-state index < -0.39 is 12.0 Å². The van der Waals surface area contributed by atoms with Gasteiger partial charge in [0.1, 0.15) is 6.04 Å². The van der Waals surface area contributed by atoms with Crippen molar-refractivity contribution in [1.29, 1.82) is 0 Å². The fraction of sp³-hybridized carbons (Fsp3) is 0.692. The summed E-state index contributed by atoms with van der Waals surface area (Å²) in [7, 11) is 0. The van der Waals surface area contributed by atoms with Crippen molar-refractivity contribution in [2.75, 3.05) is 6.54 Å². The maximum Gasteiger partial charge on any atom is 0.326 e. The Balaban J connectivity index is 2.14. The Labute approximate surface area is 101 Å². The molecule has 1 saturated heterocycles. The third kappa shape index (κ3) is 2.35. The van der Waals surface area contributed by atoms with E-state index in [0.29, 0.717) is 13.0 Å². The van der Waals surface area contributed by atoms with Gasteiger partial charge in [0.2, 0.25) is 5.91 Å². The van der Waals surface area contributed by atoms with Gasteiger partial charge in [-0.3, -0.25) is 4.79 Å². The highest BCUT2D eigenvalue weighted by molar-refractivity contribution is 5.96. The molecule has 2 fully saturated rings. The molecule has 94 valence electrons. The van der Waals surface area contributed by atoms with E-state index in [1.165, 1.54) is 10.5 Å². The topological polar surface area (TPSA) is 57.6 Å². The van der Waals surface area contributed by atoms with Gasteiger partial charge in [0.25, 0.3) is 0 Å². The van der Waals surface area contributed by atoms with Gasteiger partial charge in [0, 0.05) is 12.1 Å². The fourth-order valence-electron chi connectivity index (χ4n) is 2.81. The number of amides is 1. The number of carbonyl (C=O) groups is 2. The Bertz CT molecular complexity index is 365. The second-order valence-electron chi connectivity index (χ2n) is 4.93. The van der Waals surface area contributed by atoms with Crippen LogP contribution < -0.4 is 0 Å². The predicted octanol–water partition coefficient (Wildman–Crippen LogP) is 1.95. The summed E-state index contributed by atoms with van der Waals surface area (Å²) >= 11 is 0. The van der Waals surface area contributed by atoms with Crippen molar-refractivity contribution in [3.8, 4) is 0 Å². The normalized spacial score (nSPS) is 24.2. The van der Waals surface area contributed by atoms with Gasteiger partial charge >= 0.3 is 5.97 Å². The Morgan fingerprint density at radius 3 is 2.47 bits per heavy atom. The number of allylic oxidation sites excluding steroid dienone is 1. The largest absolute Gasteiger partial charge is 0.480 e. The third-order valence-electron chi connectivity index (χ3n) is 3.86. The molecule has 4 heteroatoms. The molecule has 0 spiro atoms. The summed E-state index contributed by atoms with van der Waals surface area (Å²) in [6, 6.07) is -0.612. The van der Waals surface area contributed by atoms with Crippen LogP contribution in [-0.4, -0.2) is 34.5 Å². The minimum atomic E-state index is -0.875.